The van der Waals surface area contributed by atoms with Gasteiger partial charge in [0, 0.05) is 6.20 Å². The van der Waals surface area contributed by atoms with E-state index in [0.717, 1.165) is 12.3 Å². The van der Waals surface area contributed by atoms with Crippen molar-refractivity contribution in [1.29, 1.82) is 0 Å². The summed E-state index contributed by atoms with van der Waals surface area (Å²) in [6, 6.07) is 0.826. The monoisotopic (exact) mass is 233 g/mol. The lowest BCUT2D eigenvalue weighted by Gasteiger charge is -2.09. The maximum absolute atomic E-state index is 12.3. The Morgan fingerprint density at radius 3 is 2.56 bits per heavy atom. The lowest BCUT2D eigenvalue weighted by molar-refractivity contribution is -0.141. The lowest BCUT2D eigenvalue weighted by atomic mass is 10.1. The van der Waals surface area contributed by atoms with Crippen molar-refractivity contribution in [3.63, 3.8) is 0 Å². The summed E-state index contributed by atoms with van der Waals surface area (Å²) in [5.41, 5.74) is -0.770. The Labute approximate surface area is 90.2 Å². The highest BCUT2D eigenvalue weighted by atomic mass is 19.4. The predicted octanol–water partition coefficient (Wildman–Crippen LogP) is 2.59. The van der Waals surface area contributed by atoms with Crippen molar-refractivity contribution in [2.45, 2.75) is 20.0 Å². The lowest BCUT2D eigenvalue weighted by Crippen LogP contribution is -2.12. The van der Waals surface area contributed by atoms with Gasteiger partial charge in [0.25, 0.3) is 0 Å². The molecule has 0 fully saturated rings. The summed E-state index contributed by atoms with van der Waals surface area (Å²) >= 11 is 0. The first-order valence-corrected chi connectivity index (χ1v) is 4.57. The van der Waals surface area contributed by atoms with Crippen molar-refractivity contribution in [2.24, 2.45) is 0 Å². The van der Waals surface area contributed by atoms with E-state index in [9.17, 15) is 18.0 Å². The van der Waals surface area contributed by atoms with Crippen LogP contribution in [0.4, 0.5) is 13.2 Å². The average molecular weight is 233 g/mol. The Bertz CT molecular complexity index is 402. The summed E-state index contributed by atoms with van der Waals surface area (Å²) < 4.78 is 41.5. The van der Waals surface area contributed by atoms with Crippen LogP contribution in [0.5, 0.6) is 0 Å². The molecule has 0 bridgehead atoms. The van der Waals surface area contributed by atoms with Gasteiger partial charge in [-0.05, 0) is 25.5 Å². The van der Waals surface area contributed by atoms with Crippen molar-refractivity contribution in [3.05, 3.63) is 29.1 Å². The fraction of sp³-hybridized carbons (Fsp3) is 0.400. The standard InChI is InChI=1S/C10H10F3NO2/c1-3-16-9(15)7-5-14-8(4-6(7)2)10(11,12)13/h4-5H,3H2,1-2H3. The smallest absolute Gasteiger partial charge is 0.433 e. The molecule has 0 N–H and O–H groups in total. The van der Waals surface area contributed by atoms with E-state index in [1.807, 2.05) is 0 Å². The molecular formula is C10H10F3NO2. The average Bonchev–Trinajstić information content (AvgIpc) is 2.16. The third kappa shape index (κ3) is 2.71. The second kappa shape index (κ2) is 4.51. The topological polar surface area (TPSA) is 39.2 Å². The molecule has 1 aromatic heterocycles. The summed E-state index contributed by atoms with van der Waals surface area (Å²) in [6.07, 6.45) is -3.62. The second-order valence-electron chi connectivity index (χ2n) is 3.10. The molecule has 6 heteroatoms. The van der Waals surface area contributed by atoms with E-state index in [1.54, 1.807) is 6.92 Å². The van der Waals surface area contributed by atoms with Crippen LogP contribution in [0.1, 0.15) is 28.5 Å². The molecule has 0 radical (unpaired) electrons. The first kappa shape index (κ1) is 12.5. The van der Waals surface area contributed by atoms with E-state index in [1.165, 1.54) is 6.92 Å². The molecular weight excluding hydrogens is 223 g/mol. The summed E-state index contributed by atoms with van der Waals surface area (Å²) in [6.45, 7) is 3.19. The van der Waals surface area contributed by atoms with Crippen molar-refractivity contribution >= 4 is 5.97 Å². The molecule has 3 nitrogen and oxygen atoms in total. The zero-order chi connectivity index (χ0) is 12.3. The second-order valence-corrected chi connectivity index (χ2v) is 3.10. The van der Waals surface area contributed by atoms with Crippen LogP contribution in [0.25, 0.3) is 0 Å². The van der Waals surface area contributed by atoms with Gasteiger partial charge in [0.05, 0.1) is 12.2 Å². The third-order valence-electron chi connectivity index (χ3n) is 1.90. The molecule has 0 unspecified atom stereocenters. The largest absolute Gasteiger partial charge is 0.462 e. The number of pyridine rings is 1. The van der Waals surface area contributed by atoms with Crippen molar-refractivity contribution < 1.29 is 22.7 Å². The molecule has 88 valence electrons. The zero-order valence-corrected chi connectivity index (χ0v) is 8.76. The first-order valence-electron chi connectivity index (χ1n) is 4.57. The zero-order valence-electron chi connectivity index (χ0n) is 8.76. The molecule has 1 rings (SSSR count). The molecule has 0 spiro atoms. The molecule has 0 aromatic carbocycles. The molecule has 0 amide bonds. The predicted molar refractivity (Wildman–Crippen MR) is 49.9 cm³/mol. The third-order valence-corrected chi connectivity index (χ3v) is 1.90. The molecule has 0 aliphatic heterocycles. The van der Waals surface area contributed by atoms with Crippen LogP contribution in [0, 0.1) is 6.92 Å². The van der Waals surface area contributed by atoms with Crippen LogP contribution in [0.2, 0.25) is 0 Å². The number of ether oxygens (including phenoxy) is 1. The SMILES string of the molecule is CCOC(=O)c1cnc(C(F)(F)F)cc1C. The molecule has 0 aliphatic rings. The number of hydrogen-bond donors (Lipinski definition) is 0. The van der Waals surface area contributed by atoms with Crippen LogP contribution in [0.3, 0.4) is 0 Å². The molecule has 1 aromatic rings. The number of alkyl halides is 3. The Balaban J connectivity index is 3.05. The van der Waals surface area contributed by atoms with E-state index in [0.29, 0.717) is 0 Å². The summed E-state index contributed by atoms with van der Waals surface area (Å²) in [4.78, 5) is 14.5. The molecule has 1 heterocycles. The van der Waals surface area contributed by atoms with Gasteiger partial charge in [0.2, 0.25) is 0 Å². The van der Waals surface area contributed by atoms with Gasteiger partial charge in [-0.2, -0.15) is 13.2 Å². The highest BCUT2D eigenvalue weighted by molar-refractivity contribution is 5.90. The molecule has 0 aliphatic carbocycles. The van der Waals surface area contributed by atoms with Crippen LogP contribution in [-0.2, 0) is 10.9 Å². The van der Waals surface area contributed by atoms with E-state index in [-0.39, 0.29) is 17.7 Å². The Hall–Kier alpha value is -1.59. The maximum Gasteiger partial charge on any atom is 0.433 e. The minimum atomic E-state index is -4.50. The number of hydrogen-bond acceptors (Lipinski definition) is 3. The Morgan fingerprint density at radius 2 is 2.12 bits per heavy atom. The summed E-state index contributed by atoms with van der Waals surface area (Å²) in [5, 5.41) is 0. The van der Waals surface area contributed by atoms with Gasteiger partial charge < -0.3 is 4.74 Å². The number of carbonyl (C=O) groups excluding carboxylic acids is 1. The number of rotatable bonds is 2. The minimum Gasteiger partial charge on any atom is -0.462 e. The Kier molecular flexibility index (Phi) is 3.51. The van der Waals surface area contributed by atoms with E-state index in [4.69, 9.17) is 0 Å². The quantitative estimate of drug-likeness (QED) is 0.737. The van der Waals surface area contributed by atoms with Gasteiger partial charge >= 0.3 is 12.1 Å². The van der Waals surface area contributed by atoms with Gasteiger partial charge in [-0.15, -0.1) is 0 Å². The fourth-order valence-electron chi connectivity index (χ4n) is 1.13. The molecule has 16 heavy (non-hydrogen) atoms. The van der Waals surface area contributed by atoms with E-state index >= 15 is 0 Å². The first-order chi connectivity index (χ1) is 7.36. The van der Waals surface area contributed by atoms with Crippen LogP contribution in [-0.4, -0.2) is 17.6 Å². The fourth-order valence-corrected chi connectivity index (χ4v) is 1.13. The summed E-state index contributed by atoms with van der Waals surface area (Å²) in [5.74, 6) is -0.666. The van der Waals surface area contributed by atoms with Crippen molar-refractivity contribution in [3.8, 4) is 0 Å². The van der Waals surface area contributed by atoms with Crippen molar-refractivity contribution in [2.75, 3.05) is 6.61 Å². The number of halogens is 3. The van der Waals surface area contributed by atoms with Crippen molar-refractivity contribution in [1.82, 2.24) is 4.98 Å². The summed E-state index contributed by atoms with van der Waals surface area (Å²) in [7, 11) is 0. The molecule has 0 atom stereocenters. The molecule has 0 saturated heterocycles. The minimum absolute atomic E-state index is 0.0508. The highest BCUT2D eigenvalue weighted by Crippen LogP contribution is 2.28. The van der Waals surface area contributed by atoms with Gasteiger partial charge in [0.15, 0.2) is 0 Å². The van der Waals surface area contributed by atoms with Gasteiger partial charge in [-0.1, -0.05) is 0 Å². The van der Waals surface area contributed by atoms with Crippen LogP contribution >= 0.6 is 0 Å². The number of carbonyl (C=O) groups is 1. The number of esters is 1. The normalized spacial score (nSPS) is 11.3. The van der Waals surface area contributed by atoms with Gasteiger partial charge in [0.1, 0.15) is 5.69 Å². The van der Waals surface area contributed by atoms with Crippen LogP contribution in [0.15, 0.2) is 12.3 Å². The number of aromatic nitrogens is 1. The Morgan fingerprint density at radius 1 is 1.50 bits per heavy atom. The van der Waals surface area contributed by atoms with Gasteiger partial charge in [-0.25, -0.2) is 4.79 Å². The highest BCUT2D eigenvalue weighted by Gasteiger charge is 2.33. The van der Waals surface area contributed by atoms with Gasteiger partial charge in [-0.3, -0.25) is 4.98 Å². The van der Waals surface area contributed by atoms with E-state index in [2.05, 4.69) is 9.72 Å². The number of aryl methyl sites for hydroxylation is 1. The molecule has 0 saturated carbocycles. The number of nitrogens with zero attached hydrogens (tertiary/aromatic N) is 1. The maximum atomic E-state index is 12.3. The van der Waals surface area contributed by atoms with E-state index < -0.39 is 17.8 Å². The van der Waals surface area contributed by atoms with Crippen LogP contribution < -0.4 is 0 Å².